The summed E-state index contributed by atoms with van der Waals surface area (Å²) >= 11 is 3.72. The first-order valence-corrected chi connectivity index (χ1v) is 16.1. The van der Waals surface area contributed by atoms with Gasteiger partial charge in [0.2, 0.25) is 6.79 Å². The van der Waals surface area contributed by atoms with Crippen molar-refractivity contribution in [2.45, 2.75) is 44.7 Å². The molecule has 2 heterocycles. The highest BCUT2D eigenvalue weighted by atomic mass is 79.9. The van der Waals surface area contributed by atoms with Crippen molar-refractivity contribution >= 4 is 29.5 Å². The number of aliphatic hydroxyl groups excluding tert-OH is 1. The number of halogens is 1. The summed E-state index contributed by atoms with van der Waals surface area (Å²) in [6.07, 6.45) is 6.41. The van der Waals surface area contributed by atoms with Crippen molar-refractivity contribution in [1.29, 1.82) is 0 Å². The van der Waals surface area contributed by atoms with Gasteiger partial charge in [0.05, 0.1) is 6.04 Å². The molecule has 0 saturated heterocycles. The Bertz CT molecular complexity index is 1430. The molecule has 0 spiro atoms. The maximum absolute atomic E-state index is 14.5. The Morgan fingerprint density at radius 2 is 1.61 bits per heavy atom. The van der Waals surface area contributed by atoms with Gasteiger partial charge in [-0.2, -0.15) is 0 Å². The minimum atomic E-state index is -4.07. The molecule has 1 aliphatic carbocycles. The number of ether oxygens (including phenoxy) is 2. The summed E-state index contributed by atoms with van der Waals surface area (Å²) in [5, 5.41) is 9.54. The maximum Gasteiger partial charge on any atom is 0.564 e. The smallest absolute Gasteiger partial charge is 0.454 e. The standard InChI is InChI=1S/C31H32BrN2O6P/c32-27-19-30-29(37-21-38-30)18-24(27)20-34-28(23-13-14-23)16-22(8-7-15-35)17-31(34)33-41(36,39-25-9-3-1-4-10-25)40-26-11-5-2-6-12-26/h1-6,9-12,16,18-19,23,28,35H,7-8,13-15,17,20-21H2/b33-31-. The Hall–Kier alpha value is -3.26. The lowest BCUT2D eigenvalue weighted by molar-refractivity contribution is 0.174. The number of aliphatic hydroxyl groups is 1. The van der Waals surface area contributed by atoms with Crippen molar-refractivity contribution in [2.24, 2.45) is 10.7 Å². The molecule has 1 fully saturated rings. The lowest BCUT2D eigenvalue weighted by atomic mass is 9.94. The molecule has 1 unspecified atom stereocenters. The predicted octanol–water partition coefficient (Wildman–Crippen LogP) is 7.53. The second-order valence-electron chi connectivity index (χ2n) is 10.4. The lowest BCUT2D eigenvalue weighted by Crippen LogP contribution is -2.43. The average Bonchev–Trinajstić information content (AvgIpc) is 3.72. The lowest BCUT2D eigenvalue weighted by Gasteiger charge is -2.38. The van der Waals surface area contributed by atoms with Crippen molar-refractivity contribution < 1.29 is 28.2 Å². The molecule has 41 heavy (non-hydrogen) atoms. The van der Waals surface area contributed by atoms with Gasteiger partial charge in [0, 0.05) is 24.0 Å². The molecule has 10 heteroatoms. The highest BCUT2D eigenvalue weighted by molar-refractivity contribution is 9.10. The molecule has 1 atom stereocenters. The van der Waals surface area contributed by atoms with Crippen LogP contribution in [0.3, 0.4) is 0 Å². The van der Waals surface area contributed by atoms with Crippen molar-refractivity contribution in [3.05, 3.63) is 94.5 Å². The topological polar surface area (TPSA) is 89.8 Å². The van der Waals surface area contributed by atoms with Gasteiger partial charge in [0.25, 0.3) is 0 Å². The molecular formula is C31H32BrN2O6P. The first-order valence-electron chi connectivity index (χ1n) is 13.8. The summed E-state index contributed by atoms with van der Waals surface area (Å²) in [5.41, 5.74) is 2.17. The van der Waals surface area contributed by atoms with Crippen LogP contribution in [-0.2, 0) is 11.1 Å². The number of para-hydroxylation sites is 2. The molecule has 0 aromatic heterocycles. The molecule has 3 aromatic carbocycles. The van der Waals surface area contributed by atoms with E-state index in [4.69, 9.17) is 23.3 Å². The summed E-state index contributed by atoms with van der Waals surface area (Å²) in [5.74, 6) is 3.32. The van der Waals surface area contributed by atoms with Gasteiger partial charge < -0.3 is 28.5 Å². The molecular weight excluding hydrogens is 607 g/mol. The molecule has 3 aromatic rings. The number of hydrogen-bond acceptors (Lipinski definition) is 6. The zero-order valence-corrected chi connectivity index (χ0v) is 25.0. The molecule has 214 valence electrons. The van der Waals surface area contributed by atoms with Crippen LogP contribution in [0.1, 0.15) is 37.7 Å². The van der Waals surface area contributed by atoms with Crippen LogP contribution in [0.15, 0.2) is 93.7 Å². The SMILES string of the molecule is O=P(/N=C1/CC(CCCO)=CC(C2CC2)N1Cc1cc2c(cc1Br)OCO2)(Oc1ccccc1)Oc1ccccc1. The van der Waals surface area contributed by atoms with Gasteiger partial charge in [-0.1, -0.05) is 64.0 Å². The molecule has 1 saturated carbocycles. The van der Waals surface area contributed by atoms with Crippen LogP contribution in [-0.4, -0.2) is 35.3 Å². The molecule has 0 radical (unpaired) electrons. The van der Waals surface area contributed by atoms with E-state index in [2.05, 4.69) is 26.9 Å². The van der Waals surface area contributed by atoms with E-state index in [1.807, 2.05) is 48.5 Å². The molecule has 8 nitrogen and oxygen atoms in total. The van der Waals surface area contributed by atoms with Crippen molar-refractivity contribution in [3.8, 4) is 23.0 Å². The van der Waals surface area contributed by atoms with Gasteiger partial charge in [-0.05, 0) is 73.6 Å². The Labute approximate surface area is 248 Å². The first kappa shape index (κ1) is 27.9. The monoisotopic (exact) mass is 638 g/mol. The Kier molecular flexibility index (Phi) is 8.37. The molecule has 3 aliphatic rings. The van der Waals surface area contributed by atoms with Crippen LogP contribution in [0.4, 0.5) is 0 Å². The highest BCUT2D eigenvalue weighted by Gasteiger charge is 2.40. The number of nitrogens with zero attached hydrogens (tertiary/aromatic N) is 2. The van der Waals surface area contributed by atoms with E-state index in [0.29, 0.717) is 54.1 Å². The third kappa shape index (κ3) is 6.80. The number of hydrogen-bond donors (Lipinski definition) is 1. The summed E-state index contributed by atoms with van der Waals surface area (Å²) in [7, 11) is -4.07. The van der Waals surface area contributed by atoms with Gasteiger partial charge in [-0.15, -0.1) is 4.76 Å². The third-order valence-corrected chi connectivity index (χ3v) is 9.39. The number of amidine groups is 1. The number of benzene rings is 3. The first-order chi connectivity index (χ1) is 20.0. The summed E-state index contributed by atoms with van der Waals surface area (Å²) < 4.78 is 43.5. The Balaban J connectivity index is 1.41. The fourth-order valence-electron chi connectivity index (χ4n) is 5.16. The van der Waals surface area contributed by atoms with Crippen LogP contribution in [0, 0.1) is 5.92 Å². The largest absolute Gasteiger partial charge is 0.564 e. The molecule has 0 amide bonds. The summed E-state index contributed by atoms with van der Waals surface area (Å²) in [6.45, 7) is 0.816. The van der Waals surface area contributed by atoms with Gasteiger partial charge >= 0.3 is 7.75 Å². The van der Waals surface area contributed by atoms with E-state index in [1.165, 1.54) is 5.57 Å². The van der Waals surface area contributed by atoms with Crippen LogP contribution in [0.5, 0.6) is 23.0 Å². The maximum atomic E-state index is 14.5. The number of fused-ring (bicyclic) bond motifs is 1. The van der Waals surface area contributed by atoms with E-state index in [1.54, 1.807) is 24.3 Å². The van der Waals surface area contributed by atoms with E-state index < -0.39 is 7.75 Å². The minimum Gasteiger partial charge on any atom is -0.454 e. The second kappa shape index (κ2) is 12.3. The van der Waals surface area contributed by atoms with Crippen LogP contribution >= 0.6 is 23.7 Å². The summed E-state index contributed by atoms with van der Waals surface area (Å²) in [4.78, 5) is 2.22. The van der Waals surface area contributed by atoms with Gasteiger partial charge in [-0.3, -0.25) is 0 Å². The van der Waals surface area contributed by atoms with Crippen molar-refractivity contribution in [3.63, 3.8) is 0 Å². The molecule has 6 rings (SSSR count). The molecule has 1 N–H and O–H groups in total. The third-order valence-electron chi connectivity index (χ3n) is 7.29. The Morgan fingerprint density at radius 1 is 0.976 bits per heavy atom. The normalized spacial score (nSPS) is 19.3. The van der Waals surface area contributed by atoms with Gasteiger partial charge in [-0.25, -0.2) is 4.57 Å². The highest BCUT2D eigenvalue weighted by Crippen LogP contribution is 2.52. The van der Waals surface area contributed by atoms with Crippen LogP contribution < -0.4 is 18.5 Å². The predicted molar refractivity (Wildman–Crippen MR) is 161 cm³/mol. The fourth-order valence-corrected chi connectivity index (χ4v) is 6.97. The van der Waals surface area contributed by atoms with Gasteiger partial charge in [0.1, 0.15) is 17.3 Å². The second-order valence-corrected chi connectivity index (χ2v) is 12.7. The molecule has 2 aliphatic heterocycles. The van der Waals surface area contributed by atoms with Crippen LogP contribution in [0.25, 0.3) is 0 Å². The van der Waals surface area contributed by atoms with E-state index in [-0.39, 0.29) is 19.4 Å². The average molecular weight is 639 g/mol. The zero-order valence-electron chi connectivity index (χ0n) is 22.5. The van der Waals surface area contributed by atoms with E-state index in [0.717, 1.165) is 29.3 Å². The number of rotatable bonds is 11. The van der Waals surface area contributed by atoms with E-state index in [9.17, 15) is 9.67 Å². The van der Waals surface area contributed by atoms with Crippen molar-refractivity contribution in [1.82, 2.24) is 4.90 Å². The molecule has 0 bridgehead atoms. The minimum absolute atomic E-state index is 0.0652. The Morgan fingerprint density at radius 3 is 2.22 bits per heavy atom. The van der Waals surface area contributed by atoms with Gasteiger partial charge in [0.15, 0.2) is 11.5 Å². The zero-order chi connectivity index (χ0) is 28.2. The quantitative estimate of drug-likeness (QED) is 0.171. The van der Waals surface area contributed by atoms with E-state index >= 15 is 0 Å². The fraction of sp³-hybridized carbons (Fsp3) is 0.323. The van der Waals surface area contributed by atoms with Crippen LogP contribution in [0.2, 0.25) is 0 Å². The summed E-state index contributed by atoms with van der Waals surface area (Å²) in [6, 6.07) is 21.9. The van der Waals surface area contributed by atoms with Crippen molar-refractivity contribution in [2.75, 3.05) is 13.4 Å².